The second-order valence-electron chi connectivity index (χ2n) is 10.7. The molecular formula is C28H57ClO2Si. The predicted molar refractivity (Wildman–Crippen MR) is 147 cm³/mol. The van der Waals surface area contributed by atoms with Gasteiger partial charge in [-0.3, -0.25) is 4.79 Å². The highest BCUT2D eigenvalue weighted by atomic mass is 35.6. The molecule has 0 aromatic carbocycles. The van der Waals surface area contributed by atoms with Crippen molar-refractivity contribution in [3.05, 3.63) is 0 Å². The summed E-state index contributed by atoms with van der Waals surface area (Å²) in [4.78, 5) is 10.4. The van der Waals surface area contributed by atoms with Crippen LogP contribution in [0.25, 0.3) is 0 Å². The monoisotopic (exact) mass is 488 g/mol. The van der Waals surface area contributed by atoms with Crippen molar-refractivity contribution in [3.8, 4) is 0 Å². The number of halogens is 1. The van der Waals surface area contributed by atoms with Gasteiger partial charge in [-0.2, -0.15) is 11.1 Å². The number of aliphatic carboxylic acids is 1. The first-order valence-corrected chi connectivity index (χ1v) is 18.5. The summed E-state index contributed by atoms with van der Waals surface area (Å²) in [6.45, 7) is 4.52. The van der Waals surface area contributed by atoms with Crippen molar-refractivity contribution in [2.45, 2.75) is 173 Å². The molecule has 0 rings (SSSR count). The van der Waals surface area contributed by atoms with Crippen LogP contribution in [-0.2, 0) is 4.79 Å². The van der Waals surface area contributed by atoms with E-state index in [9.17, 15) is 4.79 Å². The maximum absolute atomic E-state index is 10.4. The Bertz CT molecular complexity index is 395. The zero-order chi connectivity index (χ0) is 23.8. The van der Waals surface area contributed by atoms with Gasteiger partial charge < -0.3 is 5.11 Å². The Morgan fingerprint density at radius 2 is 0.719 bits per heavy atom. The average molecular weight is 489 g/mol. The van der Waals surface area contributed by atoms with Gasteiger partial charge in [-0.25, -0.2) is 0 Å². The molecule has 0 saturated heterocycles. The molecule has 0 saturated carbocycles. The first-order chi connectivity index (χ1) is 15.4. The largest absolute Gasteiger partial charge is 0.481 e. The van der Waals surface area contributed by atoms with Crippen LogP contribution < -0.4 is 0 Å². The highest BCUT2D eigenvalue weighted by molar-refractivity contribution is 7.19. The minimum atomic E-state index is -1.32. The van der Waals surface area contributed by atoms with Crippen LogP contribution in [0.5, 0.6) is 0 Å². The Morgan fingerprint density at radius 1 is 0.500 bits per heavy atom. The molecule has 0 radical (unpaired) electrons. The third-order valence-corrected chi connectivity index (χ3v) is 8.77. The van der Waals surface area contributed by atoms with Crippen molar-refractivity contribution in [2.24, 2.45) is 0 Å². The molecule has 0 unspecified atom stereocenters. The normalized spacial score (nSPS) is 11.8. The summed E-state index contributed by atoms with van der Waals surface area (Å²) in [5.41, 5.74) is 0. The summed E-state index contributed by atoms with van der Waals surface area (Å²) < 4.78 is 0. The number of rotatable bonds is 26. The van der Waals surface area contributed by atoms with E-state index >= 15 is 0 Å². The van der Waals surface area contributed by atoms with E-state index in [0.717, 1.165) is 12.8 Å². The minimum Gasteiger partial charge on any atom is -0.481 e. The minimum absolute atomic E-state index is 0.343. The summed E-state index contributed by atoms with van der Waals surface area (Å²) in [7, 11) is -1.32. The van der Waals surface area contributed by atoms with Crippen LogP contribution in [0.3, 0.4) is 0 Å². The molecule has 0 heterocycles. The quantitative estimate of drug-likeness (QED) is 0.0746. The Hall–Kier alpha value is -0.0231. The van der Waals surface area contributed by atoms with E-state index in [1.54, 1.807) is 0 Å². The number of carboxylic acid groups (broad SMARTS) is 1. The standard InChI is InChI=1S/C28H57ClO2Si/c1-32(2,29)27-25-23-21-19-17-15-13-11-9-7-5-3-4-6-8-10-12-14-16-18-20-22-24-26-28(30)31/h3-27H2,1-2H3,(H,30,31). The molecule has 0 bridgehead atoms. The molecule has 1 N–H and O–H groups in total. The predicted octanol–water partition coefficient (Wildman–Crippen LogP) is 10.9. The van der Waals surface area contributed by atoms with Gasteiger partial charge in [-0.1, -0.05) is 154 Å². The fourth-order valence-corrected chi connectivity index (χ4v) is 6.03. The maximum Gasteiger partial charge on any atom is 0.303 e. The average Bonchev–Trinajstić information content (AvgIpc) is 2.72. The Morgan fingerprint density at radius 3 is 0.938 bits per heavy atom. The molecule has 0 aromatic rings. The smallest absolute Gasteiger partial charge is 0.303 e. The highest BCUT2D eigenvalue weighted by Gasteiger charge is 2.15. The van der Waals surface area contributed by atoms with Gasteiger partial charge >= 0.3 is 5.97 Å². The Balaban J connectivity index is 3.04. The molecule has 192 valence electrons. The van der Waals surface area contributed by atoms with Crippen LogP contribution in [0.4, 0.5) is 0 Å². The van der Waals surface area contributed by atoms with E-state index in [0.29, 0.717) is 6.42 Å². The number of hydrogen-bond donors (Lipinski definition) is 1. The number of hydrogen-bond acceptors (Lipinski definition) is 1. The van der Waals surface area contributed by atoms with Gasteiger partial charge in [-0.15, -0.1) is 0 Å². The fourth-order valence-electron chi connectivity index (χ4n) is 4.53. The molecule has 0 amide bonds. The van der Waals surface area contributed by atoms with Crippen LogP contribution in [0.1, 0.15) is 154 Å². The SMILES string of the molecule is C[Si](C)(Cl)CCCCCCCCCCCCCCCCCCCCCCCCCC(=O)O. The van der Waals surface area contributed by atoms with Gasteiger partial charge in [0, 0.05) is 6.42 Å². The lowest BCUT2D eigenvalue weighted by molar-refractivity contribution is -0.137. The lowest BCUT2D eigenvalue weighted by atomic mass is 10.0. The second-order valence-corrected chi connectivity index (χ2v) is 17.8. The lowest BCUT2D eigenvalue weighted by Crippen LogP contribution is -2.14. The van der Waals surface area contributed by atoms with E-state index in [4.69, 9.17) is 16.2 Å². The summed E-state index contributed by atoms with van der Waals surface area (Å²) in [6, 6.07) is 1.29. The van der Waals surface area contributed by atoms with Crippen LogP contribution >= 0.6 is 11.1 Å². The molecule has 0 aliphatic carbocycles. The molecule has 0 aliphatic heterocycles. The molecule has 2 nitrogen and oxygen atoms in total. The molecule has 0 aliphatic rings. The topological polar surface area (TPSA) is 37.3 Å². The molecule has 0 aromatic heterocycles. The summed E-state index contributed by atoms with van der Waals surface area (Å²) >= 11 is 6.37. The van der Waals surface area contributed by atoms with E-state index in [-0.39, 0.29) is 0 Å². The first kappa shape index (κ1) is 32.0. The van der Waals surface area contributed by atoms with Gasteiger partial charge in [0.15, 0.2) is 0 Å². The van der Waals surface area contributed by atoms with Gasteiger partial charge in [-0.05, 0) is 12.5 Å². The van der Waals surface area contributed by atoms with Crippen molar-refractivity contribution in [1.82, 2.24) is 0 Å². The third kappa shape index (κ3) is 30.0. The summed E-state index contributed by atoms with van der Waals surface area (Å²) in [6.07, 6.45) is 31.7. The fraction of sp³-hybridized carbons (Fsp3) is 0.964. The van der Waals surface area contributed by atoms with Crippen molar-refractivity contribution in [3.63, 3.8) is 0 Å². The summed E-state index contributed by atoms with van der Waals surface area (Å²) in [5, 5.41) is 8.60. The van der Waals surface area contributed by atoms with Crippen LogP contribution in [-0.4, -0.2) is 18.5 Å². The van der Waals surface area contributed by atoms with Crippen LogP contribution in [0.2, 0.25) is 19.1 Å². The van der Waals surface area contributed by atoms with E-state index in [1.807, 2.05) is 0 Å². The molecular weight excluding hydrogens is 432 g/mol. The Labute approximate surface area is 207 Å². The van der Waals surface area contributed by atoms with Crippen molar-refractivity contribution >= 4 is 24.4 Å². The zero-order valence-corrected chi connectivity index (χ0v) is 23.7. The lowest BCUT2D eigenvalue weighted by Gasteiger charge is -2.11. The highest BCUT2D eigenvalue weighted by Crippen LogP contribution is 2.20. The maximum atomic E-state index is 10.4. The molecule has 32 heavy (non-hydrogen) atoms. The van der Waals surface area contributed by atoms with Crippen LogP contribution in [0, 0.1) is 0 Å². The van der Waals surface area contributed by atoms with Gasteiger partial charge in [0.25, 0.3) is 0 Å². The number of carboxylic acids is 1. The number of carbonyl (C=O) groups is 1. The molecule has 0 fully saturated rings. The van der Waals surface area contributed by atoms with E-state index in [2.05, 4.69) is 13.1 Å². The van der Waals surface area contributed by atoms with Crippen molar-refractivity contribution in [2.75, 3.05) is 0 Å². The van der Waals surface area contributed by atoms with Crippen LogP contribution in [0.15, 0.2) is 0 Å². The third-order valence-electron chi connectivity index (χ3n) is 6.66. The van der Waals surface area contributed by atoms with Crippen molar-refractivity contribution < 1.29 is 9.90 Å². The molecule has 4 heteroatoms. The molecule has 0 spiro atoms. The Kier molecular flexibility index (Phi) is 24.1. The zero-order valence-electron chi connectivity index (χ0n) is 21.9. The first-order valence-electron chi connectivity index (χ1n) is 14.3. The van der Waals surface area contributed by atoms with Gasteiger partial charge in [0.05, 0.1) is 0 Å². The molecule has 0 atom stereocenters. The van der Waals surface area contributed by atoms with E-state index in [1.165, 1.54) is 141 Å². The van der Waals surface area contributed by atoms with Crippen molar-refractivity contribution in [1.29, 1.82) is 0 Å². The van der Waals surface area contributed by atoms with E-state index < -0.39 is 13.4 Å². The number of unbranched alkanes of at least 4 members (excludes halogenated alkanes) is 22. The second kappa shape index (κ2) is 24.1. The van der Waals surface area contributed by atoms with Gasteiger partial charge in [0.2, 0.25) is 0 Å². The van der Waals surface area contributed by atoms with Gasteiger partial charge in [0.1, 0.15) is 7.38 Å². The summed E-state index contributed by atoms with van der Waals surface area (Å²) in [5.74, 6) is -0.651.